The molecule has 4 bridgehead atoms. The fourth-order valence-corrected chi connectivity index (χ4v) is 7.93. The number of carbonyl (C=O) groups excluding carboxylic acids is 1. The molecule has 0 saturated heterocycles. The Bertz CT molecular complexity index is 556. The van der Waals surface area contributed by atoms with Crippen molar-refractivity contribution in [3.63, 3.8) is 0 Å². The first kappa shape index (κ1) is 13.8. The van der Waals surface area contributed by atoms with Gasteiger partial charge >= 0.3 is 0 Å². The van der Waals surface area contributed by atoms with Crippen molar-refractivity contribution in [2.45, 2.75) is 26.9 Å². The number of ketones is 1. The third-order valence-electron chi connectivity index (χ3n) is 5.43. The van der Waals surface area contributed by atoms with Crippen LogP contribution in [-0.2, 0) is 4.79 Å². The largest absolute Gasteiger partial charge is 0.299 e. The Hall–Kier alpha value is 1.15. The smallest absolute Gasteiger partial charge is 0.166 e. The standard InChI is InChI=1S/C12H8Cl6O/c13-8-9(14)11(16)7-4-1-3(2-5(4)19)6(7)10(8,15)12(11,17)18/h3-4,6-7H,1-2H2/t3-,4+,6-,7+,10-,11+/m1/s1. The maximum atomic E-state index is 12.0. The van der Waals surface area contributed by atoms with Crippen LogP contribution in [0.5, 0.6) is 0 Å². The van der Waals surface area contributed by atoms with Crippen molar-refractivity contribution in [1.29, 1.82) is 0 Å². The van der Waals surface area contributed by atoms with Crippen LogP contribution in [0.4, 0.5) is 0 Å². The van der Waals surface area contributed by atoms with Crippen molar-refractivity contribution in [2.75, 3.05) is 0 Å². The second-order valence-electron chi connectivity index (χ2n) is 5.95. The van der Waals surface area contributed by atoms with Crippen molar-refractivity contribution in [1.82, 2.24) is 0 Å². The fourth-order valence-electron chi connectivity index (χ4n) is 4.78. The van der Waals surface area contributed by atoms with Gasteiger partial charge in [-0.25, -0.2) is 0 Å². The van der Waals surface area contributed by atoms with Crippen molar-refractivity contribution < 1.29 is 4.79 Å². The number of hydrogen-bond donors (Lipinski definition) is 0. The summed E-state index contributed by atoms with van der Waals surface area (Å²) in [6.45, 7) is 0. The van der Waals surface area contributed by atoms with E-state index in [9.17, 15) is 4.79 Å². The van der Waals surface area contributed by atoms with E-state index in [0.29, 0.717) is 6.42 Å². The van der Waals surface area contributed by atoms with Gasteiger partial charge in [-0.15, -0.1) is 23.2 Å². The van der Waals surface area contributed by atoms with Gasteiger partial charge in [0.2, 0.25) is 0 Å². The molecule has 1 nitrogen and oxygen atoms in total. The van der Waals surface area contributed by atoms with E-state index in [4.69, 9.17) is 69.6 Å². The first-order valence-electron chi connectivity index (χ1n) is 6.03. The fraction of sp³-hybridized carbons (Fsp3) is 0.750. The molecular formula is C12H8Cl6O. The number of allylic oxidation sites excluding steroid dienone is 2. The molecule has 3 fully saturated rings. The number of halogens is 6. The van der Waals surface area contributed by atoms with Crippen molar-refractivity contribution in [3.05, 3.63) is 10.1 Å². The number of rotatable bonds is 0. The van der Waals surface area contributed by atoms with Gasteiger partial charge < -0.3 is 0 Å². The summed E-state index contributed by atoms with van der Waals surface area (Å²) >= 11 is 39.0. The predicted octanol–water partition coefficient (Wildman–Crippen LogP) is 4.67. The zero-order valence-electron chi connectivity index (χ0n) is 9.40. The molecule has 4 aliphatic carbocycles. The molecule has 7 heteroatoms. The summed E-state index contributed by atoms with van der Waals surface area (Å²) in [7, 11) is 0. The molecule has 0 aliphatic heterocycles. The normalized spacial score (nSPS) is 57.3. The summed E-state index contributed by atoms with van der Waals surface area (Å²) in [4.78, 5) is 9.59. The number of fused-ring (bicyclic) bond motifs is 9. The molecule has 0 heterocycles. The van der Waals surface area contributed by atoms with Gasteiger partial charge in [0.05, 0.1) is 10.1 Å². The average molecular weight is 381 g/mol. The maximum Gasteiger partial charge on any atom is 0.166 e. The van der Waals surface area contributed by atoms with Crippen LogP contribution in [0, 0.1) is 23.7 Å². The highest BCUT2D eigenvalue weighted by Gasteiger charge is 2.86. The zero-order chi connectivity index (χ0) is 14.0. The molecule has 0 N–H and O–H groups in total. The van der Waals surface area contributed by atoms with Gasteiger partial charge in [-0.05, 0) is 18.3 Å². The van der Waals surface area contributed by atoms with E-state index < -0.39 is 14.1 Å². The first-order valence-corrected chi connectivity index (χ1v) is 8.30. The Kier molecular flexibility index (Phi) is 2.58. The molecule has 19 heavy (non-hydrogen) atoms. The highest BCUT2D eigenvalue weighted by molar-refractivity contribution is 6.65. The Labute approximate surface area is 140 Å². The molecule has 0 aromatic carbocycles. The van der Waals surface area contributed by atoms with Gasteiger partial charge in [0.25, 0.3) is 0 Å². The molecule has 0 radical (unpaired) electrons. The van der Waals surface area contributed by atoms with Crippen LogP contribution in [0.25, 0.3) is 0 Å². The summed E-state index contributed by atoms with van der Waals surface area (Å²) in [6.07, 6.45) is 1.30. The number of Topliss-reactive ketones (excluding diaryl/α,β-unsaturated/α-hetero) is 1. The minimum absolute atomic E-state index is 0.0839. The van der Waals surface area contributed by atoms with E-state index in [1.54, 1.807) is 0 Å². The van der Waals surface area contributed by atoms with Crippen LogP contribution in [-0.4, -0.2) is 19.9 Å². The summed E-state index contributed by atoms with van der Waals surface area (Å²) in [6, 6.07) is 0. The minimum atomic E-state index is -1.49. The topological polar surface area (TPSA) is 17.1 Å². The zero-order valence-corrected chi connectivity index (χ0v) is 13.9. The molecular weight excluding hydrogens is 373 g/mol. The molecule has 0 amide bonds. The van der Waals surface area contributed by atoms with Crippen LogP contribution >= 0.6 is 69.6 Å². The second-order valence-corrected chi connectivity index (χ2v) is 9.23. The Morgan fingerprint density at radius 1 is 0.947 bits per heavy atom. The van der Waals surface area contributed by atoms with Gasteiger partial charge in [0.15, 0.2) is 4.33 Å². The molecule has 6 atom stereocenters. The van der Waals surface area contributed by atoms with Crippen LogP contribution in [0.3, 0.4) is 0 Å². The van der Waals surface area contributed by atoms with Crippen molar-refractivity contribution >= 4 is 75.4 Å². The minimum Gasteiger partial charge on any atom is -0.299 e. The third-order valence-corrected chi connectivity index (χ3v) is 9.72. The monoisotopic (exact) mass is 378 g/mol. The summed E-state index contributed by atoms with van der Waals surface area (Å²) in [5.74, 6) is -0.0920. The summed E-state index contributed by atoms with van der Waals surface area (Å²) < 4.78 is -1.49. The Morgan fingerprint density at radius 3 is 2.05 bits per heavy atom. The van der Waals surface area contributed by atoms with E-state index in [1.165, 1.54) is 0 Å². The predicted molar refractivity (Wildman–Crippen MR) is 78.5 cm³/mol. The Balaban J connectivity index is 2.01. The summed E-state index contributed by atoms with van der Waals surface area (Å²) in [5.41, 5.74) is 0. The average Bonchev–Trinajstić information content (AvgIpc) is 2.95. The van der Waals surface area contributed by atoms with Crippen LogP contribution in [0.2, 0.25) is 0 Å². The van der Waals surface area contributed by atoms with Gasteiger partial charge in [0.1, 0.15) is 15.5 Å². The van der Waals surface area contributed by atoms with E-state index in [-0.39, 0.29) is 39.5 Å². The van der Waals surface area contributed by atoms with Gasteiger partial charge in [-0.1, -0.05) is 46.4 Å². The van der Waals surface area contributed by atoms with Crippen LogP contribution < -0.4 is 0 Å². The highest BCUT2D eigenvalue weighted by atomic mass is 35.5. The SMILES string of the molecule is O=C1C[C@H]2C[C@@H]1[C@H]1[C@@H]2[C@@]2(Cl)C(Cl)=C(Cl)[C@]1(Cl)C2(Cl)Cl. The number of hydrogen-bond acceptors (Lipinski definition) is 1. The lowest BCUT2D eigenvalue weighted by Gasteiger charge is -2.38. The molecule has 104 valence electrons. The van der Waals surface area contributed by atoms with E-state index in [1.807, 2.05) is 0 Å². The Morgan fingerprint density at radius 2 is 1.47 bits per heavy atom. The van der Waals surface area contributed by atoms with E-state index >= 15 is 0 Å². The van der Waals surface area contributed by atoms with Gasteiger partial charge in [-0.3, -0.25) is 4.79 Å². The van der Waals surface area contributed by atoms with Gasteiger partial charge in [0, 0.05) is 18.3 Å². The number of carbonyl (C=O) groups is 1. The van der Waals surface area contributed by atoms with Crippen molar-refractivity contribution in [3.8, 4) is 0 Å². The molecule has 4 rings (SSSR count). The van der Waals surface area contributed by atoms with E-state index in [0.717, 1.165) is 6.42 Å². The van der Waals surface area contributed by atoms with E-state index in [2.05, 4.69) is 0 Å². The first-order chi connectivity index (χ1) is 8.69. The lowest BCUT2D eigenvalue weighted by molar-refractivity contribution is -0.124. The van der Waals surface area contributed by atoms with Crippen LogP contribution in [0.1, 0.15) is 12.8 Å². The third kappa shape index (κ3) is 1.11. The quantitative estimate of drug-likeness (QED) is 0.440. The lowest BCUT2D eigenvalue weighted by atomic mass is 9.72. The molecule has 3 saturated carbocycles. The molecule has 4 aliphatic rings. The summed E-state index contributed by atoms with van der Waals surface area (Å²) in [5, 5.41) is 0.453. The molecule has 0 aromatic heterocycles. The lowest BCUT2D eigenvalue weighted by Crippen LogP contribution is -2.46. The number of alkyl halides is 4. The van der Waals surface area contributed by atoms with Crippen molar-refractivity contribution in [2.24, 2.45) is 23.7 Å². The molecule has 0 spiro atoms. The highest BCUT2D eigenvalue weighted by Crippen LogP contribution is 2.82. The van der Waals surface area contributed by atoms with Gasteiger partial charge in [-0.2, -0.15) is 0 Å². The van der Waals surface area contributed by atoms with Crippen LogP contribution in [0.15, 0.2) is 10.1 Å². The second kappa shape index (κ2) is 3.55. The molecule has 0 unspecified atom stereocenters. The molecule has 0 aromatic rings. The maximum absolute atomic E-state index is 12.0.